The summed E-state index contributed by atoms with van der Waals surface area (Å²) in [6.45, 7) is -0.368. The molecule has 30 heavy (non-hydrogen) atoms. The fourth-order valence-electron chi connectivity index (χ4n) is 2.46. The first-order valence-corrected chi connectivity index (χ1v) is 9.83. The first kappa shape index (κ1) is 22.0. The molecule has 3 rings (SSSR count). The second-order valence-electron chi connectivity index (χ2n) is 5.93. The molecule has 0 bridgehead atoms. The Morgan fingerprint density at radius 1 is 1.03 bits per heavy atom. The highest BCUT2D eigenvalue weighted by Crippen LogP contribution is 2.35. The third kappa shape index (κ3) is 5.28. The Kier molecular flexibility index (Phi) is 6.94. The van der Waals surface area contributed by atoms with Crippen molar-refractivity contribution in [2.45, 2.75) is 0 Å². The lowest BCUT2D eigenvalue weighted by Crippen LogP contribution is -2.51. The van der Waals surface area contributed by atoms with Gasteiger partial charge in [0.25, 0.3) is 17.7 Å². The smallest absolute Gasteiger partial charge is 0.263 e. The van der Waals surface area contributed by atoms with Crippen molar-refractivity contribution in [2.75, 3.05) is 11.9 Å². The van der Waals surface area contributed by atoms with Gasteiger partial charge in [-0.25, -0.2) is 0 Å². The Hall–Kier alpha value is -2.65. The van der Waals surface area contributed by atoms with Gasteiger partial charge in [-0.1, -0.05) is 46.9 Å². The summed E-state index contributed by atoms with van der Waals surface area (Å²) in [7, 11) is 0. The third-order valence-electron chi connectivity index (χ3n) is 3.77. The van der Waals surface area contributed by atoms with Crippen LogP contribution in [0.5, 0.6) is 5.75 Å². The van der Waals surface area contributed by atoms with Crippen molar-refractivity contribution in [3.8, 4) is 5.75 Å². The summed E-state index contributed by atoms with van der Waals surface area (Å²) in [6, 6.07) is 9.62. The second-order valence-corrected chi connectivity index (χ2v) is 7.56. The summed E-state index contributed by atoms with van der Waals surface area (Å²) >= 11 is 23.1. The van der Waals surface area contributed by atoms with Crippen molar-refractivity contribution in [2.24, 2.45) is 0 Å². The van der Waals surface area contributed by atoms with Gasteiger partial charge in [-0.15, -0.1) is 0 Å². The monoisotopic (exact) mass is 483 g/mol. The van der Waals surface area contributed by atoms with E-state index in [0.717, 1.165) is 0 Å². The van der Waals surface area contributed by atoms with Gasteiger partial charge in [0.15, 0.2) is 17.5 Å². The molecular formula is C19H12Cl3N3O4S. The molecule has 0 aliphatic carbocycles. The largest absolute Gasteiger partial charge is 0.481 e. The molecule has 11 heteroatoms. The van der Waals surface area contributed by atoms with Gasteiger partial charge >= 0.3 is 0 Å². The average molecular weight is 485 g/mol. The van der Waals surface area contributed by atoms with Gasteiger partial charge in [0, 0.05) is 0 Å². The average Bonchev–Trinajstić information content (AvgIpc) is 2.66. The van der Waals surface area contributed by atoms with Gasteiger partial charge in [-0.3, -0.25) is 25.0 Å². The quantitative estimate of drug-likeness (QED) is 0.342. The summed E-state index contributed by atoms with van der Waals surface area (Å²) in [4.78, 5) is 36.0. The number of carbonyl (C=O) groups excluding carboxylic acids is 3. The number of halogens is 3. The number of ether oxygens (including phenoxy) is 1. The lowest BCUT2D eigenvalue weighted by molar-refractivity contribution is -0.123. The van der Waals surface area contributed by atoms with E-state index in [1.165, 1.54) is 18.2 Å². The molecule has 1 fully saturated rings. The predicted molar refractivity (Wildman–Crippen MR) is 119 cm³/mol. The Morgan fingerprint density at radius 3 is 2.23 bits per heavy atom. The third-order valence-corrected chi connectivity index (χ3v) is 4.87. The van der Waals surface area contributed by atoms with Crippen molar-refractivity contribution >= 4 is 81.6 Å². The molecule has 0 atom stereocenters. The molecule has 1 aliphatic rings. The molecule has 0 saturated carbocycles. The molecule has 1 heterocycles. The molecule has 1 saturated heterocycles. The van der Waals surface area contributed by atoms with E-state index in [2.05, 4.69) is 16.0 Å². The van der Waals surface area contributed by atoms with Crippen LogP contribution in [0.2, 0.25) is 15.1 Å². The maximum absolute atomic E-state index is 12.1. The van der Waals surface area contributed by atoms with Crippen LogP contribution in [0.15, 0.2) is 42.0 Å². The fourth-order valence-corrected chi connectivity index (χ4v) is 3.44. The highest BCUT2D eigenvalue weighted by molar-refractivity contribution is 7.80. The van der Waals surface area contributed by atoms with E-state index in [9.17, 15) is 14.4 Å². The summed E-state index contributed by atoms with van der Waals surface area (Å²) in [6.07, 6.45) is 1.30. The van der Waals surface area contributed by atoms with Gasteiger partial charge in [0.1, 0.15) is 5.57 Å². The number of thiocarbonyl (C=S) groups is 1. The van der Waals surface area contributed by atoms with Gasteiger partial charge in [-0.2, -0.15) is 0 Å². The minimum atomic E-state index is -0.646. The van der Waals surface area contributed by atoms with Crippen LogP contribution in [0.4, 0.5) is 5.69 Å². The topological polar surface area (TPSA) is 96.5 Å². The van der Waals surface area contributed by atoms with Crippen LogP contribution >= 0.6 is 47.0 Å². The standard InChI is InChI=1S/C19H12Cl3N3O4S/c20-11-3-1-2-4-14(11)23-15(26)8-29-16-12(21)6-9(7-13(16)22)5-10-17(27)24-19(30)25-18(10)28/h1-7H,8H2,(H,23,26)(H2,24,25,27,28,30). The van der Waals surface area contributed by atoms with Crippen molar-refractivity contribution in [3.63, 3.8) is 0 Å². The summed E-state index contributed by atoms with van der Waals surface area (Å²) in [5.41, 5.74) is 0.657. The van der Waals surface area contributed by atoms with E-state index in [4.69, 9.17) is 51.8 Å². The van der Waals surface area contributed by atoms with E-state index in [-0.39, 0.29) is 33.1 Å². The molecule has 154 valence electrons. The number of carbonyl (C=O) groups is 3. The molecule has 2 aromatic rings. The zero-order valence-electron chi connectivity index (χ0n) is 14.9. The normalized spacial score (nSPS) is 13.4. The van der Waals surface area contributed by atoms with Crippen LogP contribution in [-0.2, 0) is 14.4 Å². The highest BCUT2D eigenvalue weighted by Gasteiger charge is 2.26. The van der Waals surface area contributed by atoms with Crippen molar-refractivity contribution in [1.82, 2.24) is 10.6 Å². The number of nitrogens with one attached hydrogen (secondary N) is 3. The zero-order valence-corrected chi connectivity index (χ0v) is 18.0. The molecule has 0 unspecified atom stereocenters. The Morgan fingerprint density at radius 2 is 1.63 bits per heavy atom. The van der Waals surface area contributed by atoms with Crippen molar-refractivity contribution < 1.29 is 19.1 Å². The van der Waals surface area contributed by atoms with Crippen LogP contribution in [0.3, 0.4) is 0 Å². The number of hydrogen-bond donors (Lipinski definition) is 3. The van der Waals surface area contributed by atoms with Crippen LogP contribution in [0, 0.1) is 0 Å². The van der Waals surface area contributed by atoms with Gasteiger partial charge < -0.3 is 10.1 Å². The van der Waals surface area contributed by atoms with Crippen LogP contribution < -0.4 is 20.7 Å². The van der Waals surface area contributed by atoms with Crippen molar-refractivity contribution in [1.29, 1.82) is 0 Å². The lowest BCUT2D eigenvalue weighted by Gasteiger charge is -2.16. The molecule has 3 amide bonds. The minimum absolute atomic E-state index is 0.0722. The number of amides is 3. The predicted octanol–water partition coefficient (Wildman–Crippen LogP) is 3.58. The molecule has 1 aliphatic heterocycles. The molecule has 3 N–H and O–H groups in total. The fraction of sp³-hybridized carbons (Fsp3) is 0.0526. The Labute approximate surface area is 191 Å². The Balaban J connectivity index is 1.72. The maximum atomic E-state index is 12.1. The molecule has 0 radical (unpaired) electrons. The van der Waals surface area contributed by atoms with E-state index < -0.39 is 17.7 Å². The molecule has 2 aromatic carbocycles. The van der Waals surface area contributed by atoms with Gasteiger partial charge in [-0.05, 0) is 48.1 Å². The number of rotatable bonds is 5. The van der Waals surface area contributed by atoms with Crippen molar-refractivity contribution in [3.05, 3.63) is 62.6 Å². The van der Waals surface area contributed by atoms with Crippen LogP contribution in [0.1, 0.15) is 5.56 Å². The van der Waals surface area contributed by atoms with Gasteiger partial charge in [0.05, 0.1) is 20.8 Å². The summed E-state index contributed by atoms with van der Waals surface area (Å²) in [5.74, 6) is -1.68. The van der Waals surface area contributed by atoms with E-state index in [1.54, 1.807) is 24.3 Å². The van der Waals surface area contributed by atoms with E-state index >= 15 is 0 Å². The van der Waals surface area contributed by atoms with Crippen LogP contribution in [-0.4, -0.2) is 29.4 Å². The van der Waals surface area contributed by atoms with Crippen LogP contribution in [0.25, 0.3) is 6.08 Å². The van der Waals surface area contributed by atoms with Gasteiger partial charge in [0.2, 0.25) is 0 Å². The first-order chi connectivity index (χ1) is 14.2. The lowest BCUT2D eigenvalue weighted by atomic mass is 10.1. The number of benzene rings is 2. The number of para-hydroxylation sites is 1. The zero-order chi connectivity index (χ0) is 21.8. The second kappa shape index (κ2) is 9.44. The van der Waals surface area contributed by atoms with E-state index in [1.807, 2.05) is 0 Å². The molecule has 0 spiro atoms. The minimum Gasteiger partial charge on any atom is -0.481 e. The maximum Gasteiger partial charge on any atom is 0.263 e. The molecule has 0 aromatic heterocycles. The first-order valence-electron chi connectivity index (χ1n) is 8.29. The van der Waals surface area contributed by atoms with E-state index in [0.29, 0.717) is 16.3 Å². The molecule has 7 nitrogen and oxygen atoms in total. The highest BCUT2D eigenvalue weighted by atomic mass is 35.5. The number of hydrogen-bond acceptors (Lipinski definition) is 5. The summed E-state index contributed by atoms with van der Waals surface area (Å²) in [5, 5.41) is 7.75. The summed E-state index contributed by atoms with van der Waals surface area (Å²) < 4.78 is 5.43. The SMILES string of the molecule is O=C(COc1c(Cl)cc(C=C2C(=O)NC(=S)NC2=O)cc1Cl)Nc1ccccc1Cl. The number of anilines is 1. The molecular weight excluding hydrogens is 473 g/mol. The Bertz CT molecular complexity index is 1060.